The van der Waals surface area contributed by atoms with Crippen LogP contribution in [0.3, 0.4) is 0 Å². The van der Waals surface area contributed by atoms with Crippen molar-refractivity contribution >= 4 is 11.9 Å². The molecular formula is C10H15N3O3. The molecule has 6 heteroatoms. The second kappa shape index (κ2) is 5.79. The standard InChI is InChI=1S/C10H15N3O3/c1-2-3-6-13(10(11)15)12-9(14)8-5-4-7-16-8/h4-5,7H,2-3,6H2,1H3,(H2,11,15)(H,12,14). The summed E-state index contributed by atoms with van der Waals surface area (Å²) < 4.78 is 4.89. The Kier molecular flexibility index (Phi) is 4.38. The highest BCUT2D eigenvalue weighted by Gasteiger charge is 2.15. The lowest BCUT2D eigenvalue weighted by Gasteiger charge is -2.19. The van der Waals surface area contributed by atoms with Crippen LogP contribution in [0.2, 0.25) is 0 Å². The Bertz CT molecular complexity index is 348. The summed E-state index contributed by atoms with van der Waals surface area (Å²) in [6.45, 7) is 2.37. The van der Waals surface area contributed by atoms with Gasteiger partial charge < -0.3 is 10.2 Å². The van der Waals surface area contributed by atoms with Crippen molar-refractivity contribution in [2.45, 2.75) is 19.8 Å². The van der Waals surface area contributed by atoms with Crippen LogP contribution in [0.15, 0.2) is 22.8 Å². The maximum Gasteiger partial charge on any atom is 0.333 e. The predicted molar refractivity (Wildman–Crippen MR) is 57.4 cm³/mol. The number of amides is 3. The van der Waals surface area contributed by atoms with Gasteiger partial charge in [-0.15, -0.1) is 0 Å². The first kappa shape index (κ1) is 12.1. The minimum atomic E-state index is -0.687. The molecule has 0 bridgehead atoms. The van der Waals surface area contributed by atoms with Gasteiger partial charge in [-0.2, -0.15) is 0 Å². The zero-order chi connectivity index (χ0) is 12.0. The first-order chi connectivity index (χ1) is 7.65. The van der Waals surface area contributed by atoms with Gasteiger partial charge >= 0.3 is 11.9 Å². The highest BCUT2D eigenvalue weighted by Crippen LogP contribution is 2.00. The summed E-state index contributed by atoms with van der Waals surface area (Å²) in [5.41, 5.74) is 7.50. The number of hydrogen-bond acceptors (Lipinski definition) is 3. The first-order valence-electron chi connectivity index (χ1n) is 5.06. The molecule has 1 aromatic rings. The number of unbranched alkanes of at least 4 members (excludes halogenated alkanes) is 1. The van der Waals surface area contributed by atoms with E-state index in [1.807, 2.05) is 6.92 Å². The molecule has 6 nitrogen and oxygen atoms in total. The van der Waals surface area contributed by atoms with Gasteiger partial charge in [0.15, 0.2) is 5.76 Å². The quantitative estimate of drug-likeness (QED) is 0.752. The van der Waals surface area contributed by atoms with Gasteiger partial charge in [0.25, 0.3) is 0 Å². The number of urea groups is 1. The number of carbonyl (C=O) groups is 2. The Labute approximate surface area is 93.4 Å². The molecule has 1 heterocycles. The number of hydrazine groups is 1. The molecule has 88 valence electrons. The van der Waals surface area contributed by atoms with Crippen LogP contribution in [0.4, 0.5) is 4.79 Å². The van der Waals surface area contributed by atoms with Crippen LogP contribution < -0.4 is 11.2 Å². The summed E-state index contributed by atoms with van der Waals surface area (Å²) in [6, 6.07) is 2.41. The summed E-state index contributed by atoms with van der Waals surface area (Å²) >= 11 is 0. The SMILES string of the molecule is CCCCN(NC(=O)c1ccco1)C(N)=O. The minimum absolute atomic E-state index is 0.141. The molecule has 1 rings (SSSR count). The molecule has 0 saturated carbocycles. The van der Waals surface area contributed by atoms with Crippen molar-refractivity contribution in [2.75, 3.05) is 6.54 Å². The number of carbonyl (C=O) groups excluding carboxylic acids is 2. The first-order valence-corrected chi connectivity index (χ1v) is 5.06. The number of nitrogens with two attached hydrogens (primary N) is 1. The van der Waals surface area contributed by atoms with Crippen LogP contribution in [0, 0.1) is 0 Å². The lowest BCUT2D eigenvalue weighted by atomic mass is 10.3. The zero-order valence-corrected chi connectivity index (χ0v) is 9.10. The van der Waals surface area contributed by atoms with Crippen molar-refractivity contribution in [1.82, 2.24) is 10.4 Å². The third kappa shape index (κ3) is 3.30. The normalized spacial score (nSPS) is 9.81. The fraction of sp³-hybridized carbons (Fsp3) is 0.400. The number of hydrogen-bond donors (Lipinski definition) is 2. The highest BCUT2D eigenvalue weighted by molar-refractivity contribution is 5.92. The van der Waals surface area contributed by atoms with Crippen molar-refractivity contribution in [3.05, 3.63) is 24.2 Å². The maximum absolute atomic E-state index is 11.5. The largest absolute Gasteiger partial charge is 0.459 e. The van der Waals surface area contributed by atoms with Crippen molar-refractivity contribution in [3.8, 4) is 0 Å². The molecule has 0 aliphatic carbocycles. The molecule has 0 saturated heterocycles. The zero-order valence-electron chi connectivity index (χ0n) is 9.10. The molecular weight excluding hydrogens is 210 g/mol. The van der Waals surface area contributed by atoms with Gasteiger partial charge in [-0.3, -0.25) is 10.2 Å². The number of primary amides is 1. The molecule has 3 N–H and O–H groups in total. The van der Waals surface area contributed by atoms with E-state index < -0.39 is 11.9 Å². The van der Waals surface area contributed by atoms with E-state index in [4.69, 9.17) is 10.2 Å². The predicted octanol–water partition coefficient (Wildman–Crippen LogP) is 1.11. The summed E-state index contributed by atoms with van der Waals surface area (Å²) in [5, 5.41) is 1.08. The van der Waals surface area contributed by atoms with Gasteiger partial charge in [-0.05, 0) is 18.6 Å². The third-order valence-electron chi connectivity index (χ3n) is 1.98. The van der Waals surface area contributed by atoms with Crippen LogP contribution in [0.5, 0.6) is 0 Å². The van der Waals surface area contributed by atoms with E-state index >= 15 is 0 Å². The Morgan fingerprint density at radius 1 is 1.56 bits per heavy atom. The van der Waals surface area contributed by atoms with E-state index in [1.165, 1.54) is 12.3 Å². The van der Waals surface area contributed by atoms with E-state index in [0.29, 0.717) is 6.54 Å². The summed E-state index contributed by atoms with van der Waals surface area (Å²) in [7, 11) is 0. The van der Waals surface area contributed by atoms with Crippen molar-refractivity contribution in [3.63, 3.8) is 0 Å². The Hall–Kier alpha value is -1.98. The molecule has 16 heavy (non-hydrogen) atoms. The van der Waals surface area contributed by atoms with Gasteiger partial charge in [0.1, 0.15) is 0 Å². The van der Waals surface area contributed by atoms with E-state index in [9.17, 15) is 9.59 Å². The second-order valence-corrected chi connectivity index (χ2v) is 3.26. The lowest BCUT2D eigenvalue weighted by molar-refractivity contribution is 0.0803. The lowest BCUT2D eigenvalue weighted by Crippen LogP contribution is -2.49. The Morgan fingerprint density at radius 2 is 2.31 bits per heavy atom. The Balaban J connectivity index is 2.54. The van der Waals surface area contributed by atoms with Crippen molar-refractivity contribution in [2.24, 2.45) is 5.73 Å². The second-order valence-electron chi connectivity index (χ2n) is 3.26. The molecule has 0 atom stereocenters. The van der Waals surface area contributed by atoms with Crippen LogP contribution in [-0.2, 0) is 0 Å². The summed E-state index contributed by atoms with van der Waals surface area (Å²) in [5.74, 6) is -0.345. The van der Waals surface area contributed by atoms with E-state index in [2.05, 4.69) is 5.43 Å². The van der Waals surface area contributed by atoms with Crippen molar-refractivity contribution < 1.29 is 14.0 Å². The van der Waals surface area contributed by atoms with Crippen LogP contribution >= 0.6 is 0 Å². The molecule has 0 unspecified atom stereocenters. The van der Waals surface area contributed by atoms with E-state index in [1.54, 1.807) is 6.07 Å². The molecule has 0 aliphatic heterocycles. The van der Waals surface area contributed by atoms with Gasteiger partial charge in [0.2, 0.25) is 0 Å². The van der Waals surface area contributed by atoms with E-state index in [-0.39, 0.29) is 5.76 Å². The maximum atomic E-state index is 11.5. The smallest absolute Gasteiger partial charge is 0.333 e. The number of nitrogens with one attached hydrogen (secondary N) is 1. The van der Waals surface area contributed by atoms with Gasteiger partial charge in [-0.25, -0.2) is 9.80 Å². The van der Waals surface area contributed by atoms with Crippen LogP contribution in [0.25, 0.3) is 0 Å². The highest BCUT2D eigenvalue weighted by atomic mass is 16.3. The number of nitrogens with zero attached hydrogens (tertiary/aromatic N) is 1. The Morgan fingerprint density at radius 3 is 2.81 bits per heavy atom. The average Bonchev–Trinajstić information content (AvgIpc) is 2.76. The fourth-order valence-electron chi connectivity index (χ4n) is 1.12. The molecule has 1 aromatic heterocycles. The topological polar surface area (TPSA) is 88.6 Å². The summed E-state index contributed by atoms with van der Waals surface area (Å²) in [4.78, 5) is 22.5. The van der Waals surface area contributed by atoms with E-state index in [0.717, 1.165) is 17.9 Å². The molecule has 0 fully saturated rings. The molecule has 0 spiro atoms. The molecule has 0 aliphatic rings. The number of rotatable bonds is 4. The molecule has 3 amide bonds. The van der Waals surface area contributed by atoms with Gasteiger partial charge in [0.05, 0.1) is 6.26 Å². The van der Waals surface area contributed by atoms with Crippen LogP contribution in [0.1, 0.15) is 30.3 Å². The molecule has 0 aromatic carbocycles. The fourth-order valence-corrected chi connectivity index (χ4v) is 1.12. The van der Waals surface area contributed by atoms with Crippen LogP contribution in [-0.4, -0.2) is 23.5 Å². The van der Waals surface area contributed by atoms with Gasteiger partial charge in [-0.1, -0.05) is 13.3 Å². The third-order valence-corrected chi connectivity index (χ3v) is 1.98. The minimum Gasteiger partial charge on any atom is -0.459 e. The van der Waals surface area contributed by atoms with Gasteiger partial charge in [0, 0.05) is 6.54 Å². The average molecular weight is 225 g/mol. The summed E-state index contributed by atoms with van der Waals surface area (Å²) in [6.07, 6.45) is 3.05. The molecule has 0 radical (unpaired) electrons. The van der Waals surface area contributed by atoms with Crippen molar-refractivity contribution in [1.29, 1.82) is 0 Å². The number of furan rings is 1. The monoisotopic (exact) mass is 225 g/mol.